The standard InChI is InChI=1S/C54H77F2N9O10/c1-30(57-9)47(68)61-45(53(3,4)5)51(72)63-21-19-34-23-35(24-40(43(34)63)74-28-32-11-15-36(55)16-12-32)39(66)25-59-49(70)50(71)60-26-42(67)65-27-41(75-29-33-13-17-37(56)18-14-33)44-38(65)20-22-64(44)52(73)46(54(6,7)8)62-48(69)31(2)58-10/h11-18,30-31,34-35,38,40-41,43-46,57-58H,19-29H2,1-10H3,(H,59,70)(H,60,71)(H,61,68)(H,62,69). The first-order valence-electron chi connectivity index (χ1n) is 26.0. The number of halogens is 2. The third-order valence-corrected chi connectivity index (χ3v) is 15.2. The zero-order valence-electron chi connectivity index (χ0n) is 44.9. The zero-order chi connectivity index (χ0) is 55.1. The summed E-state index contributed by atoms with van der Waals surface area (Å²) < 4.78 is 40.4. The lowest BCUT2D eigenvalue weighted by atomic mass is 9.74. The predicted molar refractivity (Wildman–Crippen MR) is 273 cm³/mol. The van der Waals surface area contributed by atoms with Crippen molar-refractivity contribution in [3.63, 3.8) is 0 Å². The molecular weight excluding hydrogens is 973 g/mol. The summed E-state index contributed by atoms with van der Waals surface area (Å²) >= 11 is 0. The molecule has 6 N–H and O–H groups in total. The third-order valence-electron chi connectivity index (χ3n) is 15.2. The van der Waals surface area contributed by atoms with Gasteiger partial charge in [0.1, 0.15) is 23.7 Å². The monoisotopic (exact) mass is 1050 g/mol. The molecule has 1 saturated carbocycles. The molecule has 19 nitrogen and oxygen atoms in total. The number of carbonyl (C=O) groups excluding carboxylic acids is 8. The zero-order valence-corrected chi connectivity index (χ0v) is 44.9. The number of nitrogens with one attached hydrogen (secondary N) is 6. The van der Waals surface area contributed by atoms with E-state index in [1.807, 2.05) is 41.5 Å². The minimum Gasteiger partial charge on any atom is -0.371 e. The van der Waals surface area contributed by atoms with E-state index in [-0.39, 0.29) is 68.1 Å². The van der Waals surface area contributed by atoms with Crippen LogP contribution in [0.2, 0.25) is 0 Å². The van der Waals surface area contributed by atoms with Crippen molar-refractivity contribution >= 4 is 47.1 Å². The fourth-order valence-corrected chi connectivity index (χ4v) is 10.7. The Morgan fingerprint density at radius 3 is 1.55 bits per heavy atom. The molecule has 0 bridgehead atoms. The van der Waals surface area contributed by atoms with E-state index in [1.165, 1.54) is 29.2 Å². The first-order valence-corrected chi connectivity index (χ1v) is 26.0. The number of Topliss-reactive ketones (excluding diaryl/α,β-unsaturated/α-hetero) is 1. The number of nitrogens with zero attached hydrogens (tertiary/aromatic N) is 3. The van der Waals surface area contributed by atoms with Crippen LogP contribution in [0.25, 0.3) is 0 Å². The molecule has 2 aromatic carbocycles. The molecule has 6 rings (SSSR count). The number of rotatable bonds is 19. The molecule has 1 aliphatic carbocycles. The van der Waals surface area contributed by atoms with Crippen LogP contribution in [0.15, 0.2) is 48.5 Å². The van der Waals surface area contributed by atoms with Gasteiger partial charge < -0.3 is 56.1 Å². The van der Waals surface area contributed by atoms with Crippen molar-refractivity contribution in [3.8, 4) is 0 Å². The Hall–Kier alpha value is -5.90. The topological polar surface area (TPSA) is 237 Å². The summed E-state index contributed by atoms with van der Waals surface area (Å²) in [7, 11) is 3.30. The van der Waals surface area contributed by atoms with Crippen molar-refractivity contribution in [1.29, 1.82) is 0 Å². The maximum absolute atomic E-state index is 14.4. The van der Waals surface area contributed by atoms with Crippen molar-refractivity contribution in [2.24, 2.45) is 22.7 Å². The van der Waals surface area contributed by atoms with E-state index in [0.717, 1.165) is 0 Å². The fourth-order valence-electron chi connectivity index (χ4n) is 10.7. The Balaban J connectivity index is 1.09. The van der Waals surface area contributed by atoms with Crippen molar-refractivity contribution in [2.75, 3.05) is 46.8 Å². The van der Waals surface area contributed by atoms with Crippen LogP contribution in [-0.4, -0.2) is 163 Å². The molecule has 412 valence electrons. The highest BCUT2D eigenvalue weighted by atomic mass is 19.1. The SMILES string of the molecule is CNC(C)C(=O)NC(C(=O)N1CCC2CC(C(=O)CNC(=O)C(=O)NCC(=O)N3CC(OCc4ccc(F)cc4)C4C3CCN4C(=O)C(NC(=O)C(C)NC)C(C)(C)C)CC(OCc3ccc(F)cc3)C21)C(C)(C)C. The van der Waals surface area contributed by atoms with Crippen molar-refractivity contribution in [2.45, 2.75) is 149 Å². The van der Waals surface area contributed by atoms with E-state index in [4.69, 9.17) is 9.47 Å². The van der Waals surface area contributed by atoms with Gasteiger partial charge in [-0.1, -0.05) is 65.8 Å². The van der Waals surface area contributed by atoms with Gasteiger partial charge in [-0.25, -0.2) is 8.78 Å². The molecular formula is C54H77F2N9O10. The smallest absolute Gasteiger partial charge is 0.309 e. The number of ether oxygens (including phenoxy) is 2. The number of likely N-dealkylation sites (N-methyl/N-ethyl adjacent to an activating group) is 2. The quantitative estimate of drug-likeness (QED) is 0.111. The number of fused-ring (bicyclic) bond motifs is 2. The van der Waals surface area contributed by atoms with Crippen LogP contribution in [0.5, 0.6) is 0 Å². The van der Waals surface area contributed by atoms with E-state index < -0.39 is 114 Å². The van der Waals surface area contributed by atoms with E-state index in [0.29, 0.717) is 36.9 Å². The van der Waals surface area contributed by atoms with Crippen molar-refractivity contribution in [1.82, 2.24) is 46.6 Å². The third kappa shape index (κ3) is 14.3. The number of hydrogen-bond donors (Lipinski definition) is 6. The number of hydrogen-bond acceptors (Lipinski definition) is 12. The fraction of sp³-hybridized carbons (Fsp3) is 0.630. The molecule has 75 heavy (non-hydrogen) atoms. The molecule has 11 atom stereocenters. The minimum absolute atomic E-state index is 0.0342. The molecule has 3 heterocycles. The largest absolute Gasteiger partial charge is 0.371 e. The summed E-state index contributed by atoms with van der Waals surface area (Å²) in [5.74, 6) is -6.09. The minimum atomic E-state index is -1.14. The van der Waals surface area contributed by atoms with E-state index in [2.05, 4.69) is 31.9 Å². The second-order valence-corrected chi connectivity index (χ2v) is 22.6. The number of likely N-dealkylation sites (tertiary alicyclic amines) is 3. The molecule has 4 aliphatic rings. The molecule has 0 aromatic heterocycles. The predicted octanol–water partition coefficient (Wildman–Crippen LogP) is 1.95. The molecule has 7 amide bonds. The van der Waals surface area contributed by atoms with Crippen LogP contribution in [0, 0.1) is 34.3 Å². The lowest BCUT2D eigenvalue weighted by molar-refractivity contribution is -0.147. The molecule has 0 spiro atoms. The van der Waals surface area contributed by atoms with E-state index in [1.54, 1.807) is 62.0 Å². The second kappa shape index (κ2) is 24.8. The summed E-state index contributed by atoms with van der Waals surface area (Å²) in [6, 6.07) is 7.06. The molecule has 3 aliphatic heterocycles. The van der Waals surface area contributed by atoms with Gasteiger partial charge >= 0.3 is 11.8 Å². The number of amides is 7. The van der Waals surface area contributed by atoms with Gasteiger partial charge in [0.2, 0.25) is 29.5 Å². The van der Waals surface area contributed by atoms with E-state index in [9.17, 15) is 47.1 Å². The first-order chi connectivity index (χ1) is 35.3. The second-order valence-electron chi connectivity index (χ2n) is 22.6. The van der Waals surface area contributed by atoms with E-state index >= 15 is 0 Å². The average molecular weight is 1050 g/mol. The maximum atomic E-state index is 14.4. The maximum Gasteiger partial charge on any atom is 0.309 e. The number of carbonyl (C=O) groups is 8. The summed E-state index contributed by atoms with van der Waals surface area (Å²) in [5, 5.41) is 16.4. The molecule has 11 unspecified atom stereocenters. The summed E-state index contributed by atoms with van der Waals surface area (Å²) in [5.41, 5.74) is -0.00262. The summed E-state index contributed by atoms with van der Waals surface area (Å²) in [4.78, 5) is 114. The Bertz CT molecular complexity index is 2400. The van der Waals surface area contributed by atoms with Gasteiger partial charge in [-0.05, 0) is 106 Å². The highest BCUT2D eigenvalue weighted by Crippen LogP contribution is 2.42. The van der Waals surface area contributed by atoms with Crippen LogP contribution >= 0.6 is 0 Å². The van der Waals surface area contributed by atoms with Crippen molar-refractivity contribution < 1.29 is 56.6 Å². The lowest BCUT2D eigenvalue weighted by Gasteiger charge is -2.43. The summed E-state index contributed by atoms with van der Waals surface area (Å²) in [6.45, 7) is 14.2. The number of ketones is 1. The van der Waals surface area contributed by atoms with Crippen molar-refractivity contribution in [3.05, 3.63) is 71.3 Å². The van der Waals surface area contributed by atoms with Gasteiger partial charge in [-0.2, -0.15) is 0 Å². The van der Waals surface area contributed by atoms with Gasteiger partial charge in [0.25, 0.3) is 0 Å². The first kappa shape index (κ1) is 58.4. The van der Waals surface area contributed by atoms with Crippen LogP contribution in [-0.2, 0) is 61.0 Å². The Morgan fingerprint density at radius 1 is 0.613 bits per heavy atom. The normalized spacial score (nSPS) is 24.1. The van der Waals surface area contributed by atoms with Crippen LogP contribution in [0.1, 0.15) is 92.2 Å². The number of benzene rings is 2. The van der Waals surface area contributed by atoms with Crippen LogP contribution < -0.4 is 31.9 Å². The van der Waals surface area contributed by atoms with Crippen LogP contribution in [0.4, 0.5) is 8.78 Å². The molecule has 4 fully saturated rings. The highest BCUT2D eigenvalue weighted by Gasteiger charge is 2.55. The Kier molecular flexibility index (Phi) is 19.3. The highest BCUT2D eigenvalue weighted by molar-refractivity contribution is 6.35. The average Bonchev–Trinajstić information content (AvgIpc) is 4.11. The van der Waals surface area contributed by atoms with Gasteiger partial charge in [0.15, 0.2) is 5.78 Å². The van der Waals surface area contributed by atoms with Gasteiger partial charge in [0, 0.05) is 25.6 Å². The van der Waals surface area contributed by atoms with Gasteiger partial charge in [0.05, 0.1) is 68.7 Å². The Morgan fingerprint density at radius 2 is 1.07 bits per heavy atom. The van der Waals surface area contributed by atoms with Gasteiger partial charge in [-0.15, -0.1) is 0 Å². The lowest BCUT2D eigenvalue weighted by Crippen LogP contribution is -2.60. The summed E-state index contributed by atoms with van der Waals surface area (Å²) in [6.07, 6.45) is 0.125. The molecule has 0 radical (unpaired) electrons. The van der Waals surface area contributed by atoms with Gasteiger partial charge in [-0.3, -0.25) is 38.4 Å². The molecule has 3 saturated heterocycles. The van der Waals surface area contributed by atoms with Crippen LogP contribution in [0.3, 0.4) is 0 Å². The molecule has 2 aromatic rings. The molecule has 21 heteroatoms. The Labute approximate surface area is 438 Å².